The molecular weight excluding hydrogens is 248 g/mol. The third kappa shape index (κ3) is 4.42. The van der Waals surface area contributed by atoms with E-state index in [1.54, 1.807) is 25.1 Å². The number of carboxylic acid groups (broad SMARTS) is 1. The van der Waals surface area contributed by atoms with Crippen LogP contribution in [0.25, 0.3) is 0 Å². The monoisotopic (exact) mass is 264 g/mol. The number of nitrogens with zero attached hydrogens (tertiary/aromatic N) is 1. The van der Waals surface area contributed by atoms with Gasteiger partial charge in [-0.15, -0.1) is 0 Å². The number of nitrogens with one attached hydrogen (secondary N) is 1. The molecule has 1 aromatic rings. The van der Waals surface area contributed by atoms with Crippen molar-refractivity contribution in [2.45, 2.75) is 13.8 Å². The van der Waals surface area contributed by atoms with Crippen LogP contribution in [-0.4, -0.2) is 40.9 Å². The van der Waals surface area contributed by atoms with E-state index in [1.165, 1.54) is 17.9 Å². The Morgan fingerprint density at radius 1 is 1.32 bits per heavy atom. The average Bonchev–Trinajstić information content (AvgIpc) is 2.34. The largest absolute Gasteiger partial charge is 0.480 e. The molecule has 0 heterocycles. The van der Waals surface area contributed by atoms with Crippen LogP contribution in [0.1, 0.15) is 24.2 Å². The fraction of sp³-hybridized carbons (Fsp3) is 0.308. The minimum atomic E-state index is -1.06. The average molecular weight is 264 g/mol. The number of likely N-dealkylation sites (N-methyl/N-ethyl adjacent to an activating group) is 1. The van der Waals surface area contributed by atoms with E-state index < -0.39 is 5.97 Å². The van der Waals surface area contributed by atoms with Crippen molar-refractivity contribution in [3.05, 3.63) is 29.8 Å². The van der Waals surface area contributed by atoms with Crippen molar-refractivity contribution in [3.8, 4) is 0 Å². The van der Waals surface area contributed by atoms with Crippen molar-refractivity contribution < 1.29 is 19.5 Å². The lowest BCUT2D eigenvalue weighted by Crippen LogP contribution is -2.35. The van der Waals surface area contributed by atoms with E-state index >= 15 is 0 Å². The predicted molar refractivity (Wildman–Crippen MR) is 70.0 cm³/mol. The third-order valence-corrected chi connectivity index (χ3v) is 2.42. The van der Waals surface area contributed by atoms with Crippen molar-refractivity contribution in [1.29, 1.82) is 0 Å². The summed E-state index contributed by atoms with van der Waals surface area (Å²) in [6.45, 7) is 3.03. The summed E-state index contributed by atoms with van der Waals surface area (Å²) in [5.74, 6) is -1.67. The summed E-state index contributed by atoms with van der Waals surface area (Å²) in [6.07, 6.45) is 0. The van der Waals surface area contributed by atoms with Crippen molar-refractivity contribution in [2.24, 2.45) is 0 Å². The van der Waals surface area contributed by atoms with Crippen LogP contribution in [0.5, 0.6) is 0 Å². The van der Waals surface area contributed by atoms with E-state index in [-0.39, 0.29) is 18.4 Å². The molecule has 0 spiro atoms. The molecule has 0 radical (unpaired) electrons. The Bertz CT molecular complexity index is 499. The van der Waals surface area contributed by atoms with Gasteiger partial charge in [0, 0.05) is 24.7 Å². The van der Waals surface area contributed by atoms with Crippen molar-refractivity contribution in [1.82, 2.24) is 4.90 Å². The Morgan fingerprint density at radius 2 is 2.00 bits per heavy atom. The number of carbonyl (C=O) groups is 3. The molecule has 2 N–H and O–H groups in total. The van der Waals surface area contributed by atoms with Gasteiger partial charge in [0.2, 0.25) is 5.91 Å². The molecule has 102 valence electrons. The predicted octanol–water partition coefficient (Wildman–Crippen LogP) is 1.19. The van der Waals surface area contributed by atoms with Gasteiger partial charge in [0.15, 0.2) is 0 Å². The molecule has 0 aliphatic carbocycles. The molecule has 0 aromatic heterocycles. The van der Waals surface area contributed by atoms with Gasteiger partial charge in [0.1, 0.15) is 6.54 Å². The number of carboxylic acids is 1. The first-order valence-corrected chi connectivity index (χ1v) is 5.82. The summed E-state index contributed by atoms with van der Waals surface area (Å²) in [4.78, 5) is 34.9. The standard InChI is InChI=1S/C13H16N2O4/c1-3-15(8-12(17)18)13(19)10-5-4-6-11(7-10)14-9(2)16/h4-7H,3,8H2,1-2H3,(H,14,16)(H,17,18). The first-order chi connectivity index (χ1) is 8.93. The summed E-state index contributed by atoms with van der Waals surface area (Å²) >= 11 is 0. The number of anilines is 1. The molecule has 6 heteroatoms. The SMILES string of the molecule is CCN(CC(=O)O)C(=O)c1cccc(NC(C)=O)c1. The van der Waals surface area contributed by atoms with Crippen LogP contribution in [0.3, 0.4) is 0 Å². The van der Waals surface area contributed by atoms with Crippen LogP contribution in [0, 0.1) is 0 Å². The van der Waals surface area contributed by atoms with Crippen molar-refractivity contribution in [2.75, 3.05) is 18.4 Å². The topological polar surface area (TPSA) is 86.7 Å². The number of benzene rings is 1. The Morgan fingerprint density at radius 3 is 2.53 bits per heavy atom. The highest BCUT2D eigenvalue weighted by Gasteiger charge is 2.17. The maximum atomic E-state index is 12.1. The molecule has 19 heavy (non-hydrogen) atoms. The quantitative estimate of drug-likeness (QED) is 0.836. The smallest absolute Gasteiger partial charge is 0.323 e. The molecule has 2 amide bonds. The molecule has 0 atom stereocenters. The number of hydrogen-bond donors (Lipinski definition) is 2. The van der Waals surface area contributed by atoms with Crippen LogP contribution in [-0.2, 0) is 9.59 Å². The molecule has 0 fully saturated rings. The second-order valence-electron chi connectivity index (χ2n) is 3.98. The zero-order chi connectivity index (χ0) is 14.4. The molecule has 0 saturated heterocycles. The van der Waals surface area contributed by atoms with E-state index in [9.17, 15) is 14.4 Å². The maximum Gasteiger partial charge on any atom is 0.323 e. The normalized spacial score (nSPS) is 9.79. The highest BCUT2D eigenvalue weighted by atomic mass is 16.4. The Labute approximate surface area is 111 Å². The summed E-state index contributed by atoms with van der Waals surface area (Å²) in [5, 5.41) is 11.3. The molecule has 1 rings (SSSR count). The van der Waals surface area contributed by atoms with E-state index in [0.717, 1.165) is 0 Å². The van der Waals surface area contributed by atoms with Gasteiger partial charge in [0.05, 0.1) is 0 Å². The molecule has 0 aliphatic rings. The van der Waals surface area contributed by atoms with Crippen LogP contribution in [0.4, 0.5) is 5.69 Å². The van der Waals surface area contributed by atoms with Crippen molar-refractivity contribution >= 4 is 23.5 Å². The number of hydrogen-bond acceptors (Lipinski definition) is 3. The summed E-state index contributed by atoms with van der Waals surface area (Å²) in [6, 6.07) is 6.39. The minimum absolute atomic E-state index is 0.234. The van der Waals surface area contributed by atoms with E-state index in [2.05, 4.69) is 5.32 Å². The van der Waals surface area contributed by atoms with Crippen LogP contribution in [0.2, 0.25) is 0 Å². The number of carbonyl (C=O) groups excluding carboxylic acids is 2. The lowest BCUT2D eigenvalue weighted by molar-refractivity contribution is -0.137. The van der Waals surface area contributed by atoms with Gasteiger partial charge in [-0.25, -0.2) is 0 Å². The minimum Gasteiger partial charge on any atom is -0.480 e. The van der Waals surface area contributed by atoms with Gasteiger partial charge < -0.3 is 15.3 Å². The summed E-state index contributed by atoms with van der Waals surface area (Å²) < 4.78 is 0. The fourth-order valence-corrected chi connectivity index (χ4v) is 1.61. The second-order valence-corrected chi connectivity index (χ2v) is 3.98. The first-order valence-electron chi connectivity index (χ1n) is 5.82. The molecule has 1 aromatic carbocycles. The number of aliphatic carboxylic acids is 1. The molecule has 6 nitrogen and oxygen atoms in total. The van der Waals surface area contributed by atoms with Gasteiger partial charge >= 0.3 is 5.97 Å². The van der Waals surface area contributed by atoms with E-state index in [4.69, 9.17) is 5.11 Å². The molecule has 0 saturated carbocycles. The zero-order valence-electron chi connectivity index (χ0n) is 10.8. The van der Waals surface area contributed by atoms with Crippen molar-refractivity contribution in [3.63, 3.8) is 0 Å². The van der Waals surface area contributed by atoms with Gasteiger partial charge in [-0.05, 0) is 25.1 Å². The summed E-state index contributed by atoms with van der Waals surface area (Å²) in [5.41, 5.74) is 0.846. The van der Waals surface area contributed by atoms with Gasteiger partial charge in [-0.1, -0.05) is 6.07 Å². The molecule has 0 bridgehead atoms. The third-order valence-electron chi connectivity index (χ3n) is 2.42. The Hall–Kier alpha value is -2.37. The van der Waals surface area contributed by atoms with Gasteiger partial charge in [0.25, 0.3) is 5.91 Å². The molecular formula is C13H16N2O4. The van der Waals surface area contributed by atoms with E-state index in [1.807, 2.05) is 0 Å². The fourth-order valence-electron chi connectivity index (χ4n) is 1.61. The molecule has 0 aliphatic heterocycles. The van der Waals surface area contributed by atoms with E-state index in [0.29, 0.717) is 17.8 Å². The lowest BCUT2D eigenvalue weighted by Gasteiger charge is -2.18. The summed E-state index contributed by atoms with van der Waals surface area (Å²) in [7, 11) is 0. The molecule has 0 unspecified atom stereocenters. The lowest BCUT2D eigenvalue weighted by atomic mass is 10.1. The Kier molecular flexibility index (Phi) is 5.05. The first kappa shape index (κ1) is 14.7. The van der Waals surface area contributed by atoms with Crippen LogP contribution in [0.15, 0.2) is 24.3 Å². The Balaban J connectivity index is 2.91. The van der Waals surface area contributed by atoms with Gasteiger partial charge in [-0.3, -0.25) is 14.4 Å². The number of amides is 2. The van der Waals surface area contributed by atoms with Gasteiger partial charge in [-0.2, -0.15) is 0 Å². The zero-order valence-corrected chi connectivity index (χ0v) is 10.8. The number of rotatable bonds is 5. The highest BCUT2D eigenvalue weighted by molar-refractivity contribution is 5.97. The van der Waals surface area contributed by atoms with Crippen LogP contribution >= 0.6 is 0 Å². The van der Waals surface area contributed by atoms with Crippen LogP contribution < -0.4 is 5.32 Å². The second kappa shape index (κ2) is 6.53. The maximum absolute atomic E-state index is 12.1. The highest BCUT2D eigenvalue weighted by Crippen LogP contribution is 2.12.